The second kappa shape index (κ2) is 6.94. The molecule has 4 aliphatic carbocycles. The highest BCUT2D eigenvalue weighted by Gasteiger charge is 2.55. The van der Waals surface area contributed by atoms with Crippen molar-refractivity contribution in [3.63, 3.8) is 0 Å². The van der Waals surface area contributed by atoms with Crippen LogP contribution in [-0.2, 0) is 4.79 Å². The van der Waals surface area contributed by atoms with Crippen molar-refractivity contribution in [3.05, 3.63) is 48.2 Å². The number of aromatic nitrogens is 1. The molecule has 4 bridgehead atoms. The number of aryl methyl sites for hydroxylation is 1. The number of benzene rings is 1. The maximum atomic E-state index is 13.3. The first-order valence-corrected chi connectivity index (χ1v) is 9.86. The SMILES string of the molecule is Cc1ccc(-c2ncccc2OC(=O)C23CC4CC(CC(C4)C2)C3)cc1.[Cl-]. The number of hydrogen-bond donors (Lipinski definition) is 0. The Morgan fingerprint density at radius 3 is 2.19 bits per heavy atom. The molecule has 0 spiro atoms. The van der Waals surface area contributed by atoms with Gasteiger partial charge in [0, 0.05) is 11.8 Å². The first-order valence-electron chi connectivity index (χ1n) is 9.86. The van der Waals surface area contributed by atoms with Crippen molar-refractivity contribution >= 4 is 5.97 Å². The van der Waals surface area contributed by atoms with E-state index < -0.39 is 0 Å². The molecule has 4 heteroatoms. The third-order valence-corrected chi connectivity index (χ3v) is 6.77. The van der Waals surface area contributed by atoms with E-state index in [1.54, 1.807) is 6.20 Å². The zero-order chi connectivity index (χ0) is 17.7. The van der Waals surface area contributed by atoms with Crippen LogP contribution in [0.2, 0.25) is 0 Å². The smallest absolute Gasteiger partial charge is 0.317 e. The highest BCUT2D eigenvalue weighted by atomic mass is 35.5. The molecule has 0 amide bonds. The molecule has 0 unspecified atom stereocenters. The van der Waals surface area contributed by atoms with Crippen LogP contribution >= 0.6 is 0 Å². The van der Waals surface area contributed by atoms with Gasteiger partial charge in [-0.3, -0.25) is 9.78 Å². The van der Waals surface area contributed by atoms with E-state index in [0.717, 1.165) is 48.3 Å². The first-order chi connectivity index (χ1) is 12.6. The maximum Gasteiger partial charge on any atom is 0.317 e. The molecule has 4 fully saturated rings. The maximum absolute atomic E-state index is 13.3. The number of nitrogens with zero attached hydrogens (tertiary/aromatic N) is 1. The quantitative estimate of drug-likeness (QED) is 0.764. The molecule has 2 aromatic rings. The van der Waals surface area contributed by atoms with Crippen molar-refractivity contribution < 1.29 is 21.9 Å². The van der Waals surface area contributed by atoms with Crippen LogP contribution in [0.25, 0.3) is 11.3 Å². The second-order valence-corrected chi connectivity index (χ2v) is 8.80. The number of carbonyl (C=O) groups is 1. The summed E-state index contributed by atoms with van der Waals surface area (Å²) in [7, 11) is 0. The minimum absolute atomic E-state index is 0. The number of halogens is 1. The lowest BCUT2D eigenvalue weighted by molar-refractivity contribution is -0.161. The number of pyridine rings is 1. The largest absolute Gasteiger partial charge is 1.00 e. The van der Waals surface area contributed by atoms with Gasteiger partial charge in [-0.2, -0.15) is 0 Å². The standard InChI is InChI=1S/C23H25NO2.ClH/c1-15-4-6-19(7-5-15)21-20(3-2-8-24-21)26-22(25)23-12-16-9-17(13-23)11-18(10-16)14-23;/h2-8,16-18H,9-14H2,1H3;1H/p-1. The number of rotatable bonds is 3. The van der Waals surface area contributed by atoms with Crippen LogP contribution in [0, 0.1) is 30.1 Å². The number of hydrogen-bond acceptors (Lipinski definition) is 3. The third-order valence-electron chi connectivity index (χ3n) is 6.77. The zero-order valence-corrected chi connectivity index (χ0v) is 16.4. The van der Waals surface area contributed by atoms with Crippen LogP contribution in [-0.4, -0.2) is 11.0 Å². The Morgan fingerprint density at radius 2 is 1.59 bits per heavy atom. The molecular weight excluding hydrogens is 358 g/mol. The monoisotopic (exact) mass is 382 g/mol. The van der Waals surface area contributed by atoms with Gasteiger partial charge in [-0.05, 0) is 75.3 Å². The molecule has 0 aliphatic heterocycles. The molecule has 4 aliphatic rings. The van der Waals surface area contributed by atoms with Gasteiger partial charge in [0.15, 0.2) is 5.75 Å². The second-order valence-electron chi connectivity index (χ2n) is 8.80. The summed E-state index contributed by atoms with van der Waals surface area (Å²) in [4.78, 5) is 17.8. The van der Waals surface area contributed by atoms with Gasteiger partial charge in [-0.15, -0.1) is 0 Å². The molecular formula is C23H25ClNO2-. The molecule has 1 heterocycles. The molecule has 1 aromatic carbocycles. The van der Waals surface area contributed by atoms with E-state index >= 15 is 0 Å². The summed E-state index contributed by atoms with van der Waals surface area (Å²) in [6.45, 7) is 2.07. The fourth-order valence-corrected chi connectivity index (χ4v) is 5.97. The summed E-state index contributed by atoms with van der Waals surface area (Å²) >= 11 is 0. The van der Waals surface area contributed by atoms with E-state index in [0.29, 0.717) is 5.75 Å². The van der Waals surface area contributed by atoms with Crippen molar-refractivity contribution in [2.75, 3.05) is 0 Å². The molecule has 0 saturated heterocycles. The zero-order valence-electron chi connectivity index (χ0n) is 15.7. The fourth-order valence-electron chi connectivity index (χ4n) is 5.97. The van der Waals surface area contributed by atoms with Crippen LogP contribution in [0.5, 0.6) is 5.75 Å². The molecule has 0 radical (unpaired) electrons. The summed E-state index contributed by atoms with van der Waals surface area (Å²) in [5, 5.41) is 0. The minimum atomic E-state index is -0.241. The number of ether oxygens (including phenoxy) is 1. The Labute approximate surface area is 166 Å². The van der Waals surface area contributed by atoms with Crippen LogP contribution in [0.15, 0.2) is 42.6 Å². The van der Waals surface area contributed by atoms with E-state index in [1.165, 1.54) is 24.8 Å². The van der Waals surface area contributed by atoms with E-state index in [-0.39, 0.29) is 23.8 Å². The van der Waals surface area contributed by atoms with Gasteiger partial charge in [0.05, 0.1) is 5.41 Å². The van der Waals surface area contributed by atoms with Crippen LogP contribution < -0.4 is 17.1 Å². The van der Waals surface area contributed by atoms with Crippen LogP contribution in [0.4, 0.5) is 0 Å². The summed E-state index contributed by atoms with van der Waals surface area (Å²) in [5.41, 5.74) is 2.71. The Morgan fingerprint density at radius 1 is 1.00 bits per heavy atom. The van der Waals surface area contributed by atoms with Crippen molar-refractivity contribution in [2.24, 2.45) is 23.2 Å². The highest BCUT2D eigenvalue weighted by Crippen LogP contribution is 2.60. The lowest BCUT2D eigenvalue weighted by Crippen LogP contribution is -3.00. The minimum Gasteiger partial charge on any atom is -1.00 e. The van der Waals surface area contributed by atoms with Gasteiger partial charge in [0.2, 0.25) is 0 Å². The number of carbonyl (C=O) groups excluding carboxylic acids is 1. The summed E-state index contributed by atoms with van der Waals surface area (Å²) in [6.07, 6.45) is 8.82. The Bertz CT molecular complexity index is 810. The van der Waals surface area contributed by atoms with Gasteiger partial charge in [-0.25, -0.2) is 0 Å². The molecule has 3 nitrogen and oxygen atoms in total. The van der Waals surface area contributed by atoms with E-state index in [2.05, 4.69) is 24.0 Å². The summed E-state index contributed by atoms with van der Waals surface area (Å²) in [6, 6.07) is 11.9. The Hall–Kier alpha value is -1.87. The number of esters is 1. The van der Waals surface area contributed by atoms with Crippen LogP contribution in [0.1, 0.15) is 44.1 Å². The van der Waals surface area contributed by atoms with Crippen molar-refractivity contribution in [2.45, 2.75) is 45.4 Å². The molecule has 1 aromatic heterocycles. The molecule has 27 heavy (non-hydrogen) atoms. The predicted octanol–water partition coefficient (Wildman–Crippen LogP) is 2.18. The Balaban J connectivity index is 0.00000180. The molecule has 0 atom stereocenters. The lowest BCUT2D eigenvalue weighted by atomic mass is 9.49. The normalized spacial score (nSPS) is 30.6. The van der Waals surface area contributed by atoms with Gasteiger partial charge in [0.1, 0.15) is 5.69 Å². The first kappa shape index (κ1) is 18.5. The van der Waals surface area contributed by atoms with E-state index in [9.17, 15) is 4.79 Å². The van der Waals surface area contributed by atoms with Gasteiger partial charge in [0.25, 0.3) is 0 Å². The Kier molecular flexibility index (Phi) is 4.75. The molecule has 6 rings (SSSR count). The molecule has 4 saturated carbocycles. The third kappa shape index (κ3) is 3.27. The van der Waals surface area contributed by atoms with Crippen LogP contribution in [0.3, 0.4) is 0 Å². The molecule has 142 valence electrons. The van der Waals surface area contributed by atoms with E-state index in [4.69, 9.17) is 4.74 Å². The van der Waals surface area contributed by atoms with E-state index in [1.807, 2.05) is 24.3 Å². The average molecular weight is 383 g/mol. The van der Waals surface area contributed by atoms with Crippen molar-refractivity contribution in [3.8, 4) is 17.0 Å². The summed E-state index contributed by atoms with van der Waals surface area (Å²) in [5.74, 6) is 2.79. The molecule has 0 N–H and O–H groups in total. The average Bonchev–Trinajstić information content (AvgIpc) is 2.62. The predicted molar refractivity (Wildman–Crippen MR) is 101 cm³/mol. The van der Waals surface area contributed by atoms with Crippen molar-refractivity contribution in [1.29, 1.82) is 0 Å². The topological polar surface area (TPSA) is 39.2 Å². The van der Waals surface area contributed by atoms with Crippen molar-refractivity contribution in [1.82, 2.24) is 4.98 Å². The van der Waals surface area contributed by atoms with Gasteiger partial charge in [-0.1, -0.05) is 29.8 Å². The highest BCUT2D eigenvalue weighted by molar-refractivity contribution is 5.82. The van der Waals surface area contributed by atoms with Gasteiger partial charge >= 0.3 is 5.97 Å². The fraction of sp³-hybridized carbons (Fsp3) is 0.478. The lowest BCUT2D eigenvalue weighted by Gasteiger charge is -2.55. The summed E-state index contributed by atoms with van der Waals surface area (Å²) < 4.78 is 6.01. The van der Waals surface area contributed by atoms with Gasteiger partial charge < -0.3 is 17.1 Å².